The average molecular weight is 1030 g/mol. The number of esters is 1. The summed E-state index contributed by atoms with van der Waals surface area (Å²) in [6.07, 6.45) is 72.8. The highest BCUT2D eigenvalue weighted by Crippen LogP contribution is 2.38. The third kappa shape index (κ3) is 52.8. The van der Waals surface area contributed by atoms with Crippen molar-refractivity contribution >= 4 is 19.7 Å². The van der Waals surface area contributed by atoms with E-state index in [4.69, 9.17) is 13.8 Å². The number of nitrogens with one attached hydrogen (secondary N) is 1. The molecule has 0 aromatic heterocycles. The van der Waals surface area contributed by atoms with Crippen LogP contribution in [0.15, 0.2) is 134 Å². The van der Waals surface area contributed by atoms with Crippen molar-refractivity contribution in [1.82, 2.24) is 5.32 Å². The molecule has 0 rings (SSSR count). The quantitative estimate of drug-likeness (QED) is 0.0161. The first-order valence-corrected chi connectivity index (χ1v) is 30.0. The SMILES string of the molecule is CC\C=C/C=C/C=C/C=C\C=C\C=C\CCCCCC(=O)NC(COP(=O)([O-])OCC[N+](C)(C)C)C(/C=C/CCCCCCCCCCCCC)OC(=O)CCC/C=C\C/C=C\C/C=C\C/C=C\CCCCC. The topological polar surface area (TPSA) is 114 Å². The number of quaternary nitrogens is 1. The van der Waals surface area contributed by atoms with Crippen molar-refractivity contribution in [1.29, 1.82) is 0 Å². The van der Waals surface area contributed by atoms with Gasteiger partial charge in [0, 0.05) is 12.8 Å². The minimum Gasteiger partial charge on any atom is -0.756 e. The summed E-state index contributed by atoms with van der Waals surface area (Å²) < 4.78 is 30.1. The van der Waals surface area contributed by atoms with Gasteiger partial charge in [0.05, 0.1) is 33.8 Å². The number of nitrogens with zero attached hydrogens (tertiary/aromatic N) is 1. The fraction of sp³-hybridized carbons (Fsp3) is 0.619. The van der Waals surface area contributed by atoms with E-state index in [0.29, 0.717) is 23.9 Å². The molecular weight excluding hydrogens is 928 g/mol. The molecule has 0 fully saturated rings. The van der Waals surface area contributed by atoms with Gasteiger partial charge in [0.15, 0.2) is 0 Å². The second-order valence-corrected chi connectivity index (χ2v) is 21.3. The number of allylic oxidation sites excluding steroid dienone is 21. The van der Waals surface area contributed by atoms with E-state index in [-0.39, 0.29) is 25.4 Å². The summed E-state index contributed by atoms with van der Waals surface area (Å²) in [5, 5.41) is 2.98. The lowest BCUT2D eigenvalue weighted by Gasteiger charge is -2.30. The van der Waals surface area contributed by atoms with Crippen molar-refractivity contribution in [3.8, 4) is 0 Å². The van der Waals surface area contributed by atoms with E-state index in [1.165, 1.54) is 83.5 Å². The minimum absolute atomic E-state index is 0.0478. The zero-order valence-corrected chi connectivity index (χ0v) is 47.9. The number of phosphoric acid groups is 1. The Morgan fingerprint density at radius 1 is 0.507 bits per heavy atom. The van der Waals surface area contributed by atoms with Gasteiger partial charge in [-0.1, -0.05) is 232 Å². The minimum atomic E-state index is -4.73. The van der Waals surface area contributed by atoms with Crippen LogP contribution in [0.5, 0.6) is 0 Å². The molecule has 0 aliphatic heterocycles. The van der Waals surface area contributed by atoms with Gasteiger partial charge in [0.2, 0.25) is 5.91 Å². The maximum Gasteiger partial charge on any atom is 0.306 e. The van der Waals surface area contributed by atoms with Gasteiger partial charge in [-0.15, -0.1) is 0 Å². The summed E-state index contributed by atoms with van der Waals surface area (Å²) in [5.74, 6) is -0.670. The first-order valence-electron chi connectivity index (χ1n) is 28.6. The third-order valence-corrected chi connectivity index (χ3v) is 12.7. The predicted octanol–water partition coefficient (Wildman–Crippen LogP) is 16.7. The molecule has 0 aromatic rings. The van der Waals surface area contributed by atoms with E-state index in [1.807, 2.05) is 88.0 Å². The molecule has 10 heteroatoms. The van der Waals surface area contributed by atoms with Crippen molar-refractivity contribution < 1.29 is 37.3 Å². The molecule has 0 saturated heterocycles. The Kier molecular flexibility index (Phi) is 48.9. The molecule has 0 aromatic carbocycles. The highest BCUT2D eigenvalue weighted by Gasteiger charge is 2.27. The van der Waals surface area contributed by atoms with Gasteiger partial charge in [0.25, 0.3) is 7.82 Å². The van der Waals surface area contributed by atoms with Crippen LogP contribution in [-0.4, -0.2) is 69.4 Å². The van der Waals surface area contributed by atoms with E-state index in [0.717, 1.165) is 70.6 Å². The Hall–Kier alpha value is -3.85. The Balaban J connectivity index is 5.58. The first-order chi connectivity index (χ1) is 35.4. The van der Waals surface area contributed by atoms with E-state index < -0.39 is 32.5 Å². The summed E-state index contributed by atoms with van der Waals surface area (Å²) in [7, 11) is 1.10. The summed E-state index contributed by atoms with van der Waals surface area (Å²) in [6, 6.07) is -0.943. The number of ether oxygens (including phenoxy) is 1. The molecule has 414 valence electrons. The van der Waals surface area contributed by atoms with Crippen LogP contribution in [0.3, 0.4) is 0 Å². The number of likely N-dealkylation sites (N-methyl/N-ethyl adjacent to an activating group) is 1. The van der Waals surface area contributed by atoms with Crippen molar-refractivity contribution in [3.05, 3.63) is 134 Å². The highest BCUT2D eigenvalue weighted by molar-refractivity contribution is 7.45. The van der Waals surface area contributed by atoms with Crippen molar-refractivity contribution in [2.75, 3.05) is 40.9 Å². The predicted molar refractivity (Wildman–Crippen MR) is 311 cm³/mol. The van der Waals surface area contributed by atoms with Crippen LogP contribution >= 0.6 is 7.82 Å². The van der Waals surface area contributed by atoms with Crippen LogP contribution in [0, 0.1) is 0 Å². The monoisotopic (exact) mass is 1030 g/mol. The molecule has 73 heavy (non-hydrogen) atoms. The van der Waals surface area contributed by atoms with Gasteiger partial charge in [-0.25, -0.2) is 0 Å². The second kappa shape index (κ2) is 51.6. The van der Waals surface area contributed by atoms with E-state index in [9.17, 15) is 19.0 Å². The fourth-order valence-corrected chi connectivity index (χ4v) is 8.03. The van der Waals surface area contributed by atoms with Gasteiger partial charge in [-0.3, -0.25) is 14.2 Å². The zero-order valence-electron chi connectivity index (χ0n) is 47.0. The maximum absolute atomic E-state index is 13.5. The number of amides is 1. The van der Waals surface area contributed by atoms with Crippen molar-refractivity contribution in [2.24, 2.45) is 0 Å². The second-order valence-electron chi connectivity index (χ2n) is 19.9. The van der Waals surface area contributed by atoms with Crippen LogP contribution in [0.1, 0.15) is 201 Å². The van der Waals surface area contributed by atoms with Gasteiger partial charge < -0.3 is 28.5 Å². The lowest BCUT2D eigenvalue weighted by molar-refractivity contribution is -0.870. The smallest absolute Gasteiger partial charge is 0.306 e. The molecule has 0 saturated carbocycles. The molecule has 1 N–H and O–H groups in total. The number of phosphoric ester groups is 1. The molecule has 3 unspecified atom stereocenters. The first kappa shape index (κ1) is 69.2. The van der Waals surface area contributed by atoms with E-state index in [2.05, 4.69) is 86.8 Å². The highest BCUT2D eigenvalue weighted by atomic mass is 31.2. The summed E-state index contributed by atoms with van der Waals surface area (Å²) in [6.45, 7) is 6.56. The van der Waals surface area contributed by atoms with Crippen LogP contribution < -0.4 is 10.2 Å². The molecule has 0 aliphatic carbocycles. The number of hydrogen-bond acceptors (Lipinski definition) is 7. The molecule has 0 bridgehead atoms. The van der Waals surface area contributed by atoms with E-state index >= 15 is 0 Å². The maximum atomic E-state index is 13.5. The Morgan fingerprint density at radius 2 is 0.945 bits per heavy atom. The molecule has 1 amide bonds. The van der Waals surface area contributed by atoms with Crippen LogP contribution in [0.2, 0.25) is 0 Å². The van der Waals surface area contributed by atoms with Crippen LogP contribution in [0.25, 0.3) is 0 Å². The third-order valence-electron chi connectivity index (χ3n) is 11.7. The largest absolute Gasteiger partial charge is 0.756 e. The molecule has 9 nitrogen and oxygen atoms in total. The van der Waals surface area contributed by atoms with Gasteiger partial charge in [-0.05, 0) is 89.5 Å². The number of unbranched alkanes of at least 4 members (excludes halogenated alkanes) is 18. The normalized spacial score (nSPS) is 14.8. The molecule has 3 atom stereocenters. The van der Waals surface area contributed by atoms with E-state index in [1.54, 1.807) is 6.08 Å². The van der Waals surface area contributed by atoms with Crippen molar-refractivity contribution in [2.45, 2.75) is 213 Å². The average Bonchev–Trinajstić information content (AvgIpc) is 3.35. The van der Waals surface area contributed by atoms with Gasteiger partial charge in [-0.2, -0.15) is 0 Å². The Labute approximate surface area is 447 Å². The van der Waals surface area contributed by atoms with Gasteiger partial charge in [0.1, 0.15) is 19.3 Å². The lowest BCUT2D eigenvalue weighted by atomic mass is 10.0. The number of carbonyl (C=O) groups is 2. The molecular formula is C63H105N2O7P. The van der Waals surface area contributed by atoms with Gasteiger partial charge >= 0.3 is 5.97 Å². The molecule has 0 heterocycles. The number of rotatable bonds is 49. The lowest BCUT2D eigenvalue weighted by Crippen LogP contribution is -2.47. The van der Waals surface area contributed by atoms with Crippen LogP contribution in [0.4, 0.5) is 0 Å². The van der Waals surface area contributed by atoms with Crippen LogP contribution in [-0.2, 0) is 27.9 Å². The molecule has 0 radical (unpaired) electrons. The molecule has 0 aliphatic rings. The number of hydrogen-bond donors (Lipinski definition) is 1. The Bertz CT molecular complexity index is 1710. The Morgan fingerprint density at radius 3 is 1.49 bits per heavy atom. The summed E-state index contributed by atoms with van der Waals surface area (Å²) in [4.78, 5) is 39.8. The fourth-order valence-electron chi connectivity index (χ4n) is 7.31. The zero-order chi connectivity index (χ0) is 53.6. The summed E-state index contributed by atoms with van der Waals surface area (Å²) in [5.41, 5.74) is 0. The van der Waals surface area contributed by atoms with Crippen molar-refractivity contribution in [3.63, 3.8) is 0 Å². The number of carbonyl (C=O) groups excluding carboxylic acids is 2. The molecule has 0 spiro atoms. The standard InChI is InChI=1S/C63H105N2O7P/c1-7-10-13-16-19-22-25-28-30-32-34-37-40-43-46-49-52-55-62(66)64-60(59-71-73(68,69)70-58-57-65(4,5)6)61(54-51-48-45-42-39-36-27-24-21-18-15-12-9-3)72-63(67)56-53-50-47-44-41-38-35-33-31-29-26-23-20-17-14-11-8-2/h10,13,16,19-20,22-23,25,28-32,34-35,37-38,40,44,47,51,54,60-61H,7-9,11-12,14-15,17-18,21,24,26-27,33,36,39,41-43,45-46,48-50,52-53,55-59H2,1-6H3,(H-,64,66,68,69)/b13-10-,19-16+,23-20-,25-22+,30-28-,31-29-,34-32+,38-35-,40-37+,47-44-,54-51+. The summed E-state index contributed by atoms with van der Waals surface area (Å²) >= 11 is 0.